The number of rotatable bonds is 4. The van der Waals surface area contributed by atoms with Gasteiger partial charge in [-0.1, -0.05) is 29.8 Å². The number of hydrogen-bond donors (Lipinski definition) is 0. The molecule has 0 aliphatic heterocycles. The van der Waals surface area contributed by atoms with Gasteiger partial charge in [-0.25, -0.2) is 4.39 Å². The highest BCUT2D eigenvalue weighted by atomic mass is 19.1. The van der Waals surface area contributed by atoms with Crippen LogP contribution in [0.3, 0.4) is 0 Å². The fourth-order valence-electron chi connectivity index (χ4n) is 2.00. The molecule has 0 aliphatic carbocycles. The van der Waals surface area contributed by atoms with E-state index < -0.39 is 5.82 Å². The standard InChI is InChI=1S/C16H15FO2/c1-11-4-3-5-12(8-11)9-15(18)14-10-13(17)6-7-16(14)19-2/h3-8,10H,9H2,1-2H3. The summed E-state index contributed by atoms with van der Waals surface area (Å²) >= 11 is 0. The molecule has 0 radical (unpaired) electrons. The van der Waals surface area contributed by atoms with Gasteiger partial charge in [0.05, 0.1) is 12.7 Å². The molecule has 3 heteroatoms. The first-order chi connectivity index (χ1) is 9.10. The van der Waals surface area contributed by atoms with Crippen LogP contribution in [0.1, 0.15) is 21.5 Å². The summed E-state index contributed by atoms with van der Waals surface area (Å²) in [5, 5.41) is 0. The lowest BCUT2D eigenvalue weighted by Crippen LogP contribution is -2.06. The SMILES string of the molecule is COc1ccc(F)cc1C(=O)Cc1cccc(C)c1. The van der Waals surface area contributed by atoms with Crippen molar-refractivity contribution >= 4 is 5.78 Å². The summed E-state index contributed by atoms with van der Waals surface area (Å²) in [6, 6.07) is 11.7. The average molecular weight is 258 g/mol. The molecule has 98 valence electrons. The summed E-state index contributed by atoms with van der Waals surface area (Å²) in [7, 11) is 1.47. The van der Waals surface area contributed by atoms with Gasteiger partial charge in [-0.15, -0.1) is 0 Å². The monoisotopic (exact) mass is 258 g/mol. The second kappa shape index (κ2) is 5.65. The summed E-state index contributed by atoms with van der Waals surface area (Å²) in [5.74, 6) is -0.186. The molecule has 2 aromatic carbocycles. The Morgan fingerprint density at radius 2 is 2.00 bits per heavy atom. The number of carbonyl (C=O) groups is 1. The minimum Gasteiger partial charge on any atom is -0.496 e. The molecule has 0 aliphatic rings. The van der Waals surface area contributed by atoms with Crippen molar-refractivity contribution in [3.8, 4) is 5.75 Å². The van der Waals surface area contributed by atoms with Crippen LogP contribution in [0.25, 0.3) is 0 Å². The lowest BCUT2D eigenvalue weighted by atomic mass is 10.0. The molecule has 19 heavy (non-hydrogen) atoms. The number of methoxy groups -OCH3 is 1. The number of ether oxygens (including phenoxy) is 1. The van der Waals surface area contributed by atoms with Gasteiger partial charge in [0.2, 0.25) is 0 Å². The van der Waals surface area contributed by atoms with Gasteiger partial charge in [-0.05, 0) is 30.7 Å². The molecule has 0 N–H and O–H groups in total. The van der Waals surface area contributed by atoms with Gasteiger partial charge in [0.15, 0.2) is 5.78 Å². The van der Waals surface area contributed by atoms with Gasteiger partial charge in [0.1, 0.15) is 11.6 Å². The second-order valence-electron chi connectivity index (χ2n) is 4.43. The van der Waals surface area contributed by atoms with Gasteiger partial charge in [-0.3, -0.25) is 4.79 Å². The summed E-state index contributed by atoms with van der Waals surface area (Å²) in [6.45, 7) is 1.97. The van der Waals surface area contributed by atoms with Crippen LogP contribution in [0.4, 0.5) is 4.39 Å². The van der Waals surface area contributed by atoms with E-state index in [4.69, 9.17) is 4.74 Å². The summed E-state index contributed by atoms with van der Waals surface area (Å²) in [6.07, 6.45) is 0.238. The lowest BCUT2D eigenvalue weighted by Gasteiger charge is -2.08. The van der Waals surface area contributed by atoms with Crippen LogP contribution in [0.15, 0.2) is 42.5 Å². The molecule has 0 saturated heterocycles. The predicted octanol–water partition coefficient (Wildman–Crippen LogP) is 3.57. The van der Waals surface area contributed by atoms with E-state index in [1.54, 1.807) is 0 Å². The number of aryl methyl sites for hydroxylation is 1. The molecule has 0 fully saturated rings. The molecule has 2 rings (SSSR count). The maximum atomic E-state index is 13.2. The van der Waals surface area contributed by atoms with Gasteiger partial charge in [-0.2, -0.15) is 0 Å². The summed E-state index contributed by atoms with van der Waals surface area (Å²) < 4.78 is 18.3. The summed E-state index contributed by atoms with van der Waals surface area (Å²) in [4.78, 5) is 12.2. The molecular formula is C16H15FO2. The number of carbonyl (C=O) groups excluding carboxylic acids is 1. The van der Waals surface area contributed by atoms with Gasteiger partial charge >= 0.3 is 0 Å². The Kier molecular flexibility index (Phi) is 3.95. The molecule has 2 aromatic rings. The van der Waals surface area contributed by atoms with Crippen LogP contribution in [0.2, 0.25) is 0 Å². The average Bonchev–Trinajstić information content (AvgIpc) is 2.38. The van der Waals surface area contributed by atoms with E-state index in [0.717, 1.165) is 11.1 Å². The van der Waals surface area contributed by atoms with E-state index in [1.165, 1.54) is 25.3 Å². The molecule has 0 amide bonds. The number of benzene rings is 2. The maximum Gasteiger partial charge on any atom is 0.171 e. The van der Waals surface area contributed by atoms with Crippen LogP contribution in [0.5, 0.6) is 5.75 Å². The van der Waals surface area contributed by atoms with E-state index in [0.29, 0.717) is 5.75 Å². The predicted molar refractivity (Wildman–Crippen MR) is 72.2 cm³/mol. The van der Waals surface area contributed by atoms with E-state index in [1.807, 2.05) is 31.2 Å². The third-order valence-corrected chi connectivity index (χ3v) is 2.91. The Morgan fingerprint density at radius 1 is 1.21 bits per heavy atom. The zero-order valence-electron chi connectivity index (χ0n) is 10.9. The number of Topliss-reactive ketones (excluding diaryl/α,β-unsaturated/α-hetero) is 1. The Labute approximate surface area is 111 Å². The fourth-order valence-corrected chi connectivity index (χ4v) is 2.00. The Hall–Kier alpha value is -2.16. The number of halogens is 1. The van der Waals surface area contributed by atoms with Crippen LogP contribution < -0.4 is 4.74 Å². The van der Waals surface area contributed by atoms with Crippen molar-refractivity contribution in [3.05, 3.63) is 65.0 Å². The minimum atomic E-state index is -0.437. The van der Waals surface area contributed by atoms with Crippen LogP contribution in [-0.2, 0) is 6.42 Å². The van der Waals surface area contributed by atoms with Gasteiger partial charge < -0.3 is 4.74 Å². The third kappa shape index (κ3) is 3.19. The summed E-state index contributed by atoms with van der Waals surface area (Å²) in [5.41, 5.74) is 2.29. The zero-order valence-corrected chi connectivity index (χ0v) is 10.9. The first-order valence-corrected chi connectivity index (χ1v) is 6.02. The molecule has 0 spiro atoms. The molecular weight excluding hydrogens is 243 g/mol. The van der Waals surface area contributed by atoms with Gasteiger partial charge in [0, 0.05) is 6.42 Å². The Morgan fingerprint density at radius 3 is 2.68 bits per heavy atom. The zero-order chi connectivity index (χ0) is 13.8. The Balaban J connectivity index is 2.27. The van der Waals surface area contributed by atoms with Crippen molar-refractivity contribution in [2.75, 3.05) is 7.11 Å². The van der Waals surface area contributed by atoms with Crippen molar-refractivity contribution in [3.63, 3.8) is 0 Å². The maximum absolute atomic E-state index is 13.2. The quantitative estimate of drug-likeness (QED) is 0.784. The number of hydrogen-bond acceptors (Lipinski definition) is 2. The smallest absolute Gasteiger partial charge is 0.171 e. The van der Waals surface area contributed by atoms with Crippen LogP contribution in [-0.4, -0.2) is 12.9 Å². The Bertz CT molecular complexity index is 605. The highest BCUT2D eigenvalue weighted by Gasteiger charge is 2.14. The van der Waals surface area contributed by atoms with E-state index in [-0.39, 0.29) is 17.8 Å². The molecule has 0 aromatic heterocycles. The minimum absolute atomic E-state index is 0.151. The first kappa shape index (κ1) is 13.3. The van der Waals surface area contributed by atoms with E-state index in [9.17, 15) is 9.18 Å². The molecule has 2 nitrogen and oxygen atoms in total. The van der Waals surface area contributed by atoms with Crippen molar-refractivity contribution < 1.29 is 13.9 Å². The second-order valence-corrected chi connectivity index (χ2v) is 4.43. The first-order valence-electron chi connectivity index (χ1n) is 6.02. The normalized spacial score (nSPS) is 10.3. The highest BCUT2D eigenvalue weighted by Crippen LogP contribution is 2.21. The van der Waals surface area contributed by atoms with Crippen LogP contribution in [0, 0.1) is 12.7 Å². The van der Waals surface area contributed by atoms with Crippen molar-refractivity contribution in [1.29, 1.82) is 0 Å². The highest BCUT2D eigenvalue weighted by molar-refractivity contribution is 6.00. The molecule has 0 heterocycles. The van der Waals surface area contributed by atoms with Gasteiger partial charge in [0.25, 0.3) is 0 Å². The fraction of sp³-hybridized carbons (Fsp3) is 0.188. The van der Waals surface area contributed by atoms with E-state index in [2.05, 4.69) is 0 Å². The molecule has 0 unspecified atom stereocenters. The third-order valence-electron chi connectivity index (χ3n) is 2.91. The van der Waals surface area contributed by atoms with Crippen molar-refractivity contribution in [2.45, 2.75) is 13.3 Å². The molecule has 0 atom stereocenters. The van der Waals surface area contributed by atoms with Crippen molar-refractivity contribution in [1.82, 2.24) is 0 Å². The molecule has 0 saturated carbocycles. The van der Waals surface area contributed by atoms with E-state index >= 15 is 0 Å². The van der Waals surface area contributed by atoms with Crippen LogP contribution >= 0.6 is 0 Å². The van der Waals surface area contributed by atoms with Crippen molar-refractivity contribution in [2.24, 2.45) is 0 Å². The largest absolute Gasteiger partial charge is 0.496 e. The molecule has 0 bridgehead atoms. The topological polar surface area (TPSA) is 26.3 Å². The number of ketones is 1. The lowest BCUT2D eigenvalue weighted by molar-refractivity contribution is 0.0989.